The second-order valence-corrected chi connectivity index (χ2v) is 2.55. The van der Waals surface area contributed by atoms with Gasteiger partial charge in [0.1, 0.15) is 0 Å². The van der Waals surface area contributed by atoms with Crippen molar-refractivity contribution in [3.05, 3.63) is 0 Å². The SMILES string of the molecule is O=C1NCC2OCCC12. The molecule has 0 bridgehead atoms. The molecule has 2 fully saturated rings. The van der Waals surface area contributed by atoms with E-state index in [0.717, 1.165) is 19.6 Å². The lowest BCUT2D eigenvalue weighted by atomic mass is 10.1. The van der Waals surface area contributed by atoms with Crippen molar-refractivity contribution >= 4 is 5.91 Å². The Morgan fingerprint density at radius 3 is 3.33 bits per heavy atom. The molecule has 0 aromatic rings. The summed E-state index contributed by atoms with van der Waals surface area (Å²) in [5, 5.41) is 2.76. The van der Waals surface area contributed by atoms with E-state index in [2.05, 4.69) is 5.32 Å². The number of hydrogen-bond donors (Lipinski definition) is 1. The van der Waals surface area contributed by atoms with Gasteiger partial charge in [0.05, 0.1) is 12.0 Å². The summed E-state index contributed by atoms with van der Waals surface area (Å²) in [5.41, 5.74) is 0. The molecule has 2 rings (SSSR count). The highest BCUT2D eigenvalue weighted by atomic mass is 16.5. The smallest absolute Gasteiger partial charge is 0.225 e. The molecule has 3 nitrogen and oxygen atoms in total. The molecule has 1 amide bonds. The first kappa shape index (κ1) is 5.23. The molecular formula is C6H9NO2. The van der Waals surface area contributed by atoms with E-state index in [1.807, 2.05) is 0 Å². The van der Waals surface area contributed by atoms with Gasteiger partial charge in [-0.1, -0.05) is 0 Å². The van der Waals surface area contributed by atoms with Gasteiger partial charge in [0.25, 0.3) is 0 Å². The fourth-order valence-electron chi connectivity index (χ4n) is 1.48. The average Bonchev–Trinajstić information content (AvgIpc) is 2.35. The first-order valence-electron chi connectivity index (χ1n) is 3.27. The fraction of sp³-hybridized carbons (Fsp3) is 0.833. The van der Waals surface area contributed by atoms with Crippen LogP contribution in [-0.4, -0.2) is 25.2 Å². The van der Waals surface area contributed by atoms with E-state index < -0.39 is 0 Å². The minimum absolute atomic E-state index is 0.171. The van der Waals surface area contributed by atoms with Gasteiger partial charge in [-0.15, -0.1) is 0 Å². The quantitative estimate of drug-likeness (QED) is 0.477. The van der Waals surface area contributed by atoms with E-state index in [4.69, 9.17) is 4.74 Å². The summed E-state index contributed by atoms with van der Waals surface area (Å²) in [6.07, 6.45) is 1.11. The third-order valence-corrected chi connectivity index (χ3v) is 2.02. The summed E-state index contributed by atoms with van der Waals surface area (Å²) >= 11 is 0. The lowest BCUT2D eigenvalue weighted by Crippen LogP contribution is -2.18. The standard InChI is InChI=1S/C6H9NO2/c8-6-4-1-2-9-5(4)3-7-6/h4-5H,1-3H2,(H,7,8). The van der Waals surface area contributed by atoms with Crippen LogP contribution in [0.1, 0.15) is 6.42 Å². The fourth-order valence-corrected chi connectivity index (χ4v) is 1.48. The molecule has 2 saturated heterocycles. The van der Waals surface area contributed by atoms with Crippen LogP contribution in [0.4, 0.5) is 0 Å². The highest BCUT2D eigenvalue weighted by Crippen LogP contribution is 2.24. The van der Waals surface area contributed by atoms with Crippen molar-refractivity contribution in [1.82, 2.24) is 5.32 Å². The Hall–Kier alpha value is -0.570. The summed E-state index contributed by atoms with van der Waals surface area (Å²) < 4.78 is 5.26. The van der Waals surface area contributed by atoms with E-state index in [1.165, 1.54) is 0 Å². The Morgan fingerprint density at radius 2 is 2.56 bits per heavy atom. The molecule has 0 aliphatic carbocycles. The third-order valence-electron chi connectivity index (χ3n) is 2.02. The number of carbonyl (C=O) groups is 1. The Bertz CT molecular complexity index is 146. The molecule has 3 heteroatoms. The van der Waals surface area contributed by atoms with Gasteiger partial charge in [-0.3, -0.25) is 4.79 Å². The van der Waals surface area contributed by atoms with Crippen LogP contribution >= 0.6 is 0 Å². The van der Waals surface area contributed by atoms with E-state index in [-0.39, 0.29) is 17.9 Å². The van der Waals surface area contributed by atoms with Crippen molar-refractivity contribution in [2.24, 2.45) is 5.92 Å². The number of amides is 1. The Morgan fingerprint density at radius 1 is 1.67 bits per heavy atom. The molecule has 0 aromatic heterocycles. The molecule has 2 atom stereocenters. The number of nitrogens with one attached hydrogen (secondary N) is 1. The van der Waals surface area contributed by atoms with Gasteiger partial charge >= 0.3 is 0 Å². The van der Waals surface area contributed by atoms with Gasteiger partial charge in [0.15, 0.2) is 0 Å². The van der Waals surface area contributed by atoms with Crippen molar-refractivity contribution in [2.75, 3.05) is 13.2 Å². The Balaban J connectivity index is 2.15. The Labute approximate surface area is 53.4 Å². The zero-order chi connectivity index (χ0) is 6.27. The number of carbonyl (C=O) groups excluding carboxylic acids is 1. The van der Waals surface area contributed by atoms with E-state index in [1.54, 1.807) is 0 Å². The van der Waals surface area contributed by atoms with Crippen LogP contribution in [0.5, 0.6) is 0 Å². The minimum atomic E-state index is 0.171. The lowest BCUT2D eigenvalue weighted by Gasteiger charge is -2.00. The molecule has 0 spiro atoms. The third kappa shape index (κ3) is 0.645. The van der Waals surface area contributed by atoms with Crippen molar-refractivity contribution in [3.63, 3.8) is 0 Å². The highest BCUT2D eigenvalue weighted by molar-refractivity contribution is 5.81. The van der Waals surface area contributed by atoms with Gasteiger partial charge in [-0.05, 0) is 6.42 Å². The minimum Gasteiger partial charge on any atom is -0.376 e. The Kier molecular flexibility index (Phi) is 0.990. The maximum atomic E-state index is 10.9. The molecule has 2 unspecified atom stereocenters. The van der Waals surface area contributed by atoms with Crippen LogP contribution in [0.3, 0.4) is 0 Å². The van der Waals surface area contributed by atoms with Crippen LogP contribution in [-0.2, 0) is 9.53 Å². The van der Waals surface area contributed by atoms with E-state index >= 15 is 0 Å². The van der Waals surface area contributed by atoms with Crippen LogP contribution in [0, 0.1) is 5.92 Å². The van der Waals surface area contributed by atoms with Gasteiger partial charge < -0.3 is 10.1 Å². The van der Waals surface area contributed by atoms with Gasteiger partial charge in [0, 0.05) is 13.2 Å². The molecule has 1 N–H and O–H groups in total. The zero-order valence-corrected chi connectivity index (χ0v) is 5.09. The van der Waals surface area contributed by atoms with E-state index in [9.17, 15) is 4.79 Å². The molecule has 9 heavy (non-hydrogen) atoms. The second-order valence-electron chi connectivity index (χ2n) is 2.55. The molecule has 2 aliphatic rings. The maximum Gasteiger partial charge on any atom is 0.225 e. The first-order chi connectivity index (χ1) is 4.38. The van der Waals surface area contributed by atoms with Crippen molar-refractivity contribution in [1.29, 1.82) is 0 Å². The summed E-state index contributed by atoms with van der Waals surface area (Å²) in [7, 11) is 0. The summed E-state index contributed by atoms with van der Waals surface area (Å²) in [6, 6.07) is 0. The normalized spacial score (nSPS) is 40.7. The molecule has 2 aliphatic heterocycles. The van der Waals surface area contributed by atoms with Crippen LogP contribution < -0.4 is 5.32 Å². The molecular weight excluding hydrogens is 118 g/mol. The maximum absolute atomic E-state index is 10.9. The molecule has 0 radical (unpaired) electrons. The molecule has 0 saturated carbocycles. The molecule has 0 aromatic carbocycles. The number of rotatable bonds is 0. The topological polar surface area (TPSA) is 38.3 Å². The van der Waals surface area contributed by atoms with Crippen LogP contribution in [0.25, 0.3) is 0 Å². The van der Waals surface area contributed by atoms with Gasteiger partial charge in [0.2, 0.25) is 5.91 Å². The van der Waals surface area contributed by atoms with Crippen molar-refractivity contribution in [3.8, 4) is 0 Å². The van der Waals surface area contributed by atoms with Crippen LogP contribution in [0.15, 0.2) is 0 Å². The molecule has 50 valence electrons. The summed E-state index contributed by atoms with van der Waals surface area (Å²) in [5.74, 6) is 0.350. The zero-order valence-electron chi connectivity index (χ0n) is 5.09. The lowest BCUT2D eigenvalue weighted by molar-refractivity contribution is -0.122. The van der Waals surface area contributed by atoms with Crippen molar-refractivity contribution in [2.45, 2.75) is 12.5 Å². The summed E-state index contributed by atoms with van der Waals surface area (Å²) in [4.78, 5) is 10.9. The highest BCUT2D eigenvalue weighted by Gasteiger charge is 2.38. The predicted octanol–water partition coefficient (Wildman–Crippen LogP) is -0.479. The van der Waals surface area contributed by atoms with Crippen molar-refractivity contribution < 1.29 is 9.53 Å². The van der Waals surface area contributed by atoms with Gasteiger partial charge in [-0.25, -0.2) is 0 Å². The number of hydrogen-bond acceptors (Lipinski definition) is 2. The number of fused-ring (bicyclic) bond motifs is 1. The second kappa shape index (κ2) is 1.70. The van der Waals surface area contributed by atoms with Crippen LogP contribution in [0.2, 0.25) is 0 Å². The molecule has 2 heterocycles. The van der Waals surface area contributed by atoms with Gasteiger partial charge in [-0.2, -0.15) is 0 Å². The largest absolute Gasteiger partial charge is 0.376 e. The number of ether oxygens (including phenoxy) is 1. The predicted molar refractivity (Wildman–Crippen MR) is 30.9 cm³/mol. The monoisotopic (exact) mass is 127 g/mol. The average molecular weight is 127 g/mol. The first-order valence-corrected chi connectivity index (χ1v) is 3.27. The van der Waals surface area contributed by atoms with E-state index in [0.29, 0.717) is 0 Å². The summed E-state index contributed by atoms with van der Waals surface area (Å²) in [6.45, 7) is 1.49.